The summed E-state index contributed by atoms with van der Waals surface area (Å²) in [5.74, 6) is 0. The van der Waals surface area contributed by atoms with Crippen LogP contribution in [-0.2, 0) is 39.1 Å². The third-order valence-electron chi connectivity index (χ3n) is 7.58. The molecule has 1 aliphatic carbocycles. The molecule has 5 aromatic carbocycles. The Labute approximate surface area is 283 Å². The smallest absolute Gasteiger partial charge is 0 e. The van der Waals surface area contributed by atoms with Gasteiger partial charge in [0.1, 0.15) is 0 Å². The van der Waals surface area contributed by atoms with E-state index >= 15 is 0 Å². The monoisotopic (exact) mass is 633 g/mol. The van der Waals surface area contributed by atoms with Crippen LogP contribution in [0.4, 0.5) is 0 Å². The van der Waals surface area contributed by atoms with Crippen LogP contribution in [0, 0.1) is 26.0 Å². The van der Waals surface area contributed by atoms with Crippen LogP contribution in [0.1, 0.15) is 53.6 Å². The first-order chi connectivity index (χ1) is 20.6. The molecule has 0 unspecified atom stereocenters. The molecule has 0 atom stereocenters. The van der Waals surface area contributed by atoms with Crippen LogP contribution in [0.3, 0.4) is 0 Å². The molecule has 5 aromatic rings. The predicted octanol–water partition coefficient (Wildman–Crippen LogP) is 9.73. The molecule has 0 heterocycles. The fourth-order valence-corrected chi connectivity index (χ4v) is 5.48. The summed E-state index contributed by atoms with van der Waals surface area (Å²) in [4.78, 5) is 0. The zero-order valence-corrected chi connectivity index (χ0v) is 28.8. The number of hydrogen-bond acceptors (Lipinski definition) is 0. The second kappa shape index (κ2) is 16.9. The average molecular weight is 634 g/mol. The summed E-state index contributed by atoms with van der Waals surface area (Å²) in [5.41, 5.74) is 10.3. The Morgan fingerprint density at radius 2 is 1.44 bits per heavy atom. The van der Waals surface area contributed by atoms with E-state index < -0.39 is 0 Å². The summed E-state index contributed by atoms with van der Waals surface area (Å²) in [5, 5.41) is 4.70. The zero-order chi connectivity index (χ0) is 29.9. The molecule has 213 valence electrons. The topological polar surface area (TPSA) is 0 Å². The first-order valence-corrected chi connectivity index (χ1v) is 14.8. The van der Waals surface area contributed by atoms with Gasteiger partial charge in [0.2, 0.25) is 0 Å². The molecule has 1 heteroatoms. The van der Waals surface area contributed by atoms with Crippen LogP contribution in [0.5, 0.6) is 0 Å². The molecule has 0 fully saturated rings. The minimum absolute atomic E-state index is 0. The van der Waals surface area contributed by atoms with Crippen molar-refractivity contribution in [3.8, 4) is 11.1 Å². The van der Waals surface area contributed by atoms with Crippen molar-refractivity contribution in [3.63, 3.8) is 0 Å². The van der Waals surface area contributed by atoms with E-state index in [-0.39, 0.29) is 32.7 Å². The first-order valence-electron chi connectivity index (χ1n) is 14.8. The van der Waals surface area contributed by atoms with Crippen LogP contribution < -0.4 is 10.4 Å². The standard InChI is InChI=1S/C21H20.C19H14.C2H6.Y/c1-16-9-3-5-11-18(16)15-19-12-6-8-14-21(19)20-13-7-4-10-17(20)2;1-3-14-15(4-2)17-12-8-9-13-19(17)18-11-7-5-6-10-16(14)18;1-2;/h3-14H,15H2,1-2H3;3,5,7-11,13H,1-2,6H2;1-2H3;/q;-2;;. The maximum Gasteiger partial charge on any atom is 0 e. The molecular weight excluding hydrogens is 593 g/mol. The molecule has 0 aromatic heterocycles. The molecule has 0 amide bonds. The number of hydrogen-bond donors (Lipinski definition) is 0. The van der Waals surface area contributed by atoms with E-state index in [1.165, 1.54) is 49.2 Å². The molecule has 6 rings (SSSR count). The van der Waals surface area contributed by atoms with Crippen LogP contribution in [0.2, 0.25) is 0 Å². The average Bonchev–Trinajstić information content (AvgIpc) is 3.30. The SMILES string of the molecule is C=[C-]c1c(C=C)c2c(c3ccc[c-]c13)=CC=CCC=2.CC.Cc1ccccc1Cc1ccccc1-c1ccccc1C.[Y]. The second-order valence-electron chi connectivity index (χ2n) is 10.1. The Morgan fingerprint density at radius 1 is 0.791 bits per heavy atom. The van der Waals surface area contributed by atoms with Gasteiger partial charge in [-0.05, 0) is 60.1 Å². The van der Waals surface area contributed by atoms with Crippen molar-refractivity contribution in [2.24, 2.45) is 0 Å². The molecule has 0 saturated carbocycles. The van der Waals surface area contributed by atoms with Crippen molar-refractivity contribution >= 4 is 29.0 Å². The van der Waals surface area contributed by atoms with Crippen molar-refractivity contribution in [3.05, 3.63) is 172 Å². The number of benzene rings is 5. The summed E-state index contributed by atoms with van der Waals surface area (Å²) in [6.07, 6.45) is 15.5. The molecule has 0 bridgehead atoms. The minimum atomic E-state index is 0. The fourth-order valence-electron chi connectivity index (χ4n) is 5.48. The van der Waals surface area contributed by atoms with Gasteiger partial charge in [0.25, 0.3) is 0 Å². The summed E-state index contributed by atoms with van der Waals surface area (Å²) < 4.78 is 0. The number of aryl methyl sites for hydroxylation is 2. The van der Waals surface area contributed by atoms with Gasteiger partial charge >= 0.3 is 0 Å². The molecular formula is C42H40Y-2. The molecule has 0 saturated heterocycles. The molecule has 0 spiro atoms. The number of fused-ring (bicyclic) bond motifs is 3. The Bertz CT molecular complexity index is 1850. The molecule has 1 radical (unpaired) electrons. The molecule has 0 nitrogen and oxygen atoms in total. The molecule has 43 heavy (non-hydrogen) atoms. The van der Waals surface area contributed by atoms with Gasteiger partial charge in [0.05, 0.1) is 0 Å². The summed E-state index contributed by atoms with van der Waals surface area (Å²) in [6, 6.07) is 35.4. The van der Waals surface area contributed by atoms with Crippen molar-refractivity contribution in [1.82, 2.24) is 0 Å². The van der Waals surface area contributed by atoms with Gasteiger partial charge in [-0.15, -0.1) is 24.8 Å². The van der Waals surface area contributed by atoms with E-state index in [9.17, 15) is 0 Å². The third kappa shape index (κ3) is 7.88. The quantitative estimate of drug-likeness (QED) is 0.169. The van der Waals surface area contributed by atoms with Gasteiger partial charge in [-0.3, -0.25) is 5.56 Å². The van der Waals surface area contributed by atoms with Crippen molar-refractivity contribution in [2.75, 3.05) is 0 Å². The van der Waals surface area contributed by atoms with E-state index in [0.717, 1.165) is 29.4 Å². The predicted molar refractivity (Wildman–Crippen MR) is 185 cm³/mol. The van der Waals surface area contributed by atoms with Crippen LogP contribution in [0.15, 0.2) is 116 Å². The Hall–Kier alpha value is -3.58. The van der Waals surface area contributed by atoms with Crippen LogP contribution in [-0.4, -0.2) is 0 Å². The van der Waals surface area contributed by atoms with E-state index in [2.05, 4.69) is 142 Å². The van der Waals surface area contributed by atoms with Crippen LogP contribution in [0.25, 0.3) is 40.1 Å². The maximum absolute atomic E-state index is 3.95. The maximum atomic E-state index is 3.95. The van der Waals surface area contributed by atoms with Gasteiger partial charge < -0.3 is 0 Å². The number of rotatable bonds is 5. The van der Waals surface area contributed by atoms with E-state index in [4.69, 9.17) is 0 Å². The van der Waals surface area contributed by atoms with Crippen molar-refractivity contribution in [2.45, 2.75) is 40.5 Å². The van der Waals surface area contributed by atoms with Gasteiger partial charge in [-0.1, -0.05) is 121 Å². The zero-order valence-electron chi connectivity index (χ0n) is 26.0. The summed E-state index contributed by atoms with van der Waals surface area (Å²) in [7, 11) is 0. The summed E-state index contributed by atoms with van der Waals surface area (Å²) >= 11 is 0. The fraction of sp³-hybridized carbons (Fsp3) is 0.143. The van der Waals surface area contributed by atoms with E-state index in [1.807, 2.05) is 32.1 Å². The van der Waals surface area contributed by atoms with Crippen molar-refractivity contribution < 1.29 is 32.7 Å². The summed E-state index contributed by atoms with van der Waals surface area (Å²) in [6.45, 7) is 16.1. The minimum Gasteiger partial charge on any atom is -0.261 e. The van der Waals surface area contributed by atoms with E-state index in [1.54, 1.807) is 0 Å². The first kappa shape index (κ1) is 33.9. The second-order valence-corrected chi connectivity index (χ2v) is 10.1. The molecule has 0 N–H and O–H groups in total. The normalized spacial score (nSPS) is 11.1. The Kier molecular flexibility index (Phi) is 13.3. The molecule has 0 aliphatic heterocycles. The van der Waals surface area contributed by atoms with E-state index in [0.29, 0.717) is 0 Å². The van der Waals surface area contributed by atoms with Crippen LogP contribution >= 0.6 is 0 Å². The van der Waals surface area contributed by atoms with Gasteiger partial charge in [0, 0.05) is 32.7 Å². The third-order valence-corrected chi connectivity index (χ3v) is 7.58. The Balaban J connectivity index is 0.000000219. The largest absolute Gasteiger partial charge is 0.261 e. The number of allylic oxidation sites excluding steroid dienone is 2. The molecule has 1 aliphatic rings. The Morgan fingerprint density at radius 3 is 2.12 bits per heavy atom. The van der Waals surface area contributed by atoms with Gasteiger partial charge in [-0.25, -0.2) is 17.5 Å². The van der Waals surface area contributed by atoms with Gasteiger partial charge in [-0.2, -0.15) is 23.6 Å². The van der Waals surface area contributed by atoms with Crippen molar-refractivity contribution in [1.29, 1.82) is 0 Å². The van der Waals surface area contributed by atoms with Gasteiger partial charge in [0.15, 0.2) is 0 Å².